The standard InChI is InChI=1S/C22H24O9/c1-27-16-4-10(5-17(28-2)21(16)29-3)18-11-6-14-15(31-9-30-14)7-12(11)20(24)13(8-23)19(18)22(25)26/h4-7,13,18-20,23-24H,8-9H2,1-3H3,(H,25,26)/t13-,18-,19+,20-/m1/s1. The van der Waals surface area contributed by atoms with Gasteiger partial charge in [-0.25, -0.2) is 0 Å². The number of carbonyl (C=O) groups is 1. The molecule has 0 saturated heterocycles. The molecular formula is C22H24O9. The van der Waals surface area contributed by atoms with Crippen LogP contribution >= 0.6 is 0 Å². The van der Waals surface area contributed by atoms with Crippen LogP contribution in [0.2, 0.25) is 0 Å². The molecule has 2 aliphatic rings. The van der Waals surface area contributed by atoms with E-state index in [0.717, 1.165) is 0 Å². The van der Waals surface area contributed by atoms with E-state index in [-0.39, 0.29) is 6.79 Å². The Hall–Kier alpha value is -3.17. The molecule has 0 spiro atoms. The van der Waals surface area contributed by atoms with E-state index in [1.807, 2.05) is 0 Å². The van der Waals surface area contributed by atoms with E-state index in [4.69, 9.17) is 23.7 Å². The summed E-state index contributed by atoms with van der Waals surface area (Å²) in [7, 11) is 4.43. The third-order valence-electron chi connectivity index (χ3n) is 6.00. The Bertz CT molecular complexity index is 978. The second kappa shape index (κ2) is 8.16. The van der Waals surface area contributed by atoms with Gasteiger partial charge in [-0.05, 0) is 41.0 Å². The first-order chi connectivity index (χ1) is 14.9. The third-order valence-corrected chi connectivity index (χ3v) is 6.00. The lowest BCUT2D eigenvalue weighted by molar-refractivity contribution is -0.148. The second-order valence-electron chi connectivity index (χ2n) is 7.43. The highest BCUT2D eigenvalue weighted by Gasteiger charge is 2.47. The highest BCUT2D eigenvalue weighted by Crippen LogP contribution is 2.53. The molecule has 4 atom stereocenters. The van der Waals surface area contributed by atoms with Gasteiger partial charge in [-0.3, -0.25) is 4.79 Å². The number of aliphatic carboxylic acids is 1. The molecule has 1 heterocycles. The van der Waals surface area contributed by atoms with E-state index >= 15 is 0 Å². The number of aliphatic hydroxyl groups is 2. The van der Waals surface area contributed by atoms with Crippen molar-refractivity contribution in [2.24, 2.45) is 11.8 Å². The summed E-state index contributed by atoms with van der Waals surface area (Å²) in [5.41, 5.74) is 1.63. The summed E-state index contributed by atoms with van der Waals surface area (Å²) in [4.78, 5) is 12.4. The van der Waals surface area contributed by atoms with Crippen LogP contribution in [0.5, 0.6) is 28.7 Å². The fraction of sp³-hybridized carbons (Fsp3) is 0.409. The number of aliphatic hydroxyl groups excluding tert-OH is 2. The Kier molecular flexibility index (Phi) is 5.55. The number of carboxylic acids is 1. The Morgan fingerprint density at radius 1 is 1.00 bits per heavy atom. The molecule has 0 amide bonds. The van der Waals surface area contributed by atoms with Crippen LogP contribution in [0, 0.1) is 11.8 Å². The summed E-state index contributed by atoms with van der Waals surface area (Å²) in [6.07, 6.45) is -1.19. The summed E-state index contributed by atoms with van der Waals surface area (Å²) in [5.74, 6) is -1.87. The average molecular weight is 432 g/mol. The fourth-order valence-electron chi connectivity index (χ4n) is 4.57. The molecule has 1 aliphatic heterocycles. The zero-order valence-corrected chi connectivity index (χ0v) is 17.3. The van der Waals surface area contributed by atoms with Gasteiger partial charge in [0.25, 0.3) is 0 Å². The first kappa shape index (κ1) is 21.1. The lowest BCUT2D eigenvalue weighted by atomic mass is 9.65. The molecule has 0 unspecified atom stereocenters. The molecule has 0 aromatic heterocycles. The third kappa shape index (κ3) is 3.30. The van der Waals surface area contributed by atoms with Crippen LogP contribution in [0.3, 0.4) is 0 Å². The summed E-state index contributed by atoms with van der Waals surface area (Å²) >= 11 is 0. The lowest BCUT2D eigenvalue weighted by Crippen LogP contribution is -2.40. The largest absolute Gasteiger partial charge is 0.493 e. The van der Waals surface area contributed by atoms with Crippen molar-refractivity contribution in [2.75, 3.05) is 34.7 Å². The normalized spacial score (nSPS) is 23.8. The number of fused-ring (bicyclic) bond motifs is 2. The zero-order valence-electron chi connectivity index (χ0n) is 17.3. The number of benzene rings is 2. The number of carboxylic acid groups (broad SMARTS) is 1. The number of hydrogen-bond acceptors (Lipinski definition) is 8. The van der Waals surface area contributed by atoms with Gasteiger partial charge in [-0.15, -0.1) is 0 Å². The van der Waals surface area contributed by atoms with E-state index in [9.17, 15) is 20.1 Å². The van der Waals surface area contributed by atoms with Crippen molar-refractivity contribution in [3.63, 3.8) is 0 Å². The average Bonchev–Trinajstić information content (AvgIpc) is 3.24. The van der Waals surface area contributed by atoms with E-state index in [2.05, 4.69) is 0 Å². The minimum absolute atomic E-state index is 0.0367. The van der Waals surface area contributed by atoms with Gasteiger partial charge in [0.05, 0.1) is 33.4 Å². The predicted molar refractivity (Wildman–Crippen MR) is 107 cm³/mol. The maximum Gasteiger partial charge on any atom is 0.307 e. The smallest absolute Gasteiger partial charge is 0.307 e. The first-order valence-electron chi connectivity index (χ1n) is 9.70. The van der Waals surface area contributed by atoms with E-state index in [1.54, 1.807) is 24.3 Å². The fourth-order valence-corrected chi connectivity index (χ4v) is 4.57. The van der Waals surface area contributed by atoms with Gasteiger partial charge in [-0.2, -0.15) is 0 Å². The van der Waals surface area contributed by atoms with Gasteiger partial charge >= 0.3 is 5.97 Å². The summed E-state index contributed by atoms with van der Waals surface area (Å²) < 4.78 is 27.2. The van der Waals surface area contributed by atoms with Gasteiger partial charge in [-0.1, -0.05) is 0 Å². The molecule has 2 aromatic rings. The van der Waals surface area contributed by atoms with Crippen molar-refractivity contribution in [3.05, 3.63) is 41.0 Å². The molecule has 0 saturated carbocycles. The van der Waals surface area contributed by atoms with Gasteiger partial charge in [0, 0.05) is 18.4 Å². The molecule has 0 radical (unpaired) electrons. The molecule has 9 heteroatoms. The predicted octanol–water partition coefficient (Wildman–Crippen LogP) is 1.93. The van der Waals surface area contributed by atoms with Crippen molar-refractivity contribution in [1.82, 2.24) is 0 Å². The molecule has 9 nitrogen and oxygen atoms in total. The lowest BCUT2D eigenvalue weighted by Gasteiger charge is -2.40. The molecule has 166 valence electrons. The highest BCUT2D eigenvalue weighted by atomic mass is 16.7. The maximum absolute atomic E-state index is 12.4. The minimum atomic E-state index is -1.19. The SMILES string of the molecule is COc1cc([C@@H]2c3cc4c(cc3[C@@H](O)[C@H](CO)[C@@H]2C(=O)O)OCO4)cc(OC)c1OC. The molecule has 31 heavy (non-hydrogen) atoms. The van der Waals surface area contributed by atoms with Crippen molar-refractivity contribution in [2.45, 2.75) is 12.0 Å². The van der Waals surface area contributed by atoms with Crippen molar-refractivity contribution in [1.29, 1.82) is 0 Å². The van der Waals surface area contributed by atoms with Crippen molar-refractivity contribution < 1.29 is 43.8 Å². The summed E-state index contributed by atoms with van der Waals surface area (Å²) in [5, 5.41) is 31.0. The zero-order chi connectivity index (χ0) is 22.3. The maximum atomic E-state index is 12.4. The molecule has 0 fully saturated rings. The van der Waals surface area contributed by atoms with E-state index in [1.165, 1.54) is 21.3 Å². The van der Waals surface area contributed by atoms with Gasteiger partial charge in [0.15, 0.2) is 23.0 Å². The monoisotopic (exact) mass is 432 g/mol. The molecule has 0 bridgehead atoms. The summed E-state index contributed by atoms with van der Waals surface area (Å²) in [6, 6.07) is 6.71. The van der Waals surface area contributed by atoms with Crippen molar-refractivity contribution >= 4 is 5.97 Å². The highest BCUT2D eigenvalue weighted by molar-refractivity contribution is 5.75. The van der Waals surface area contributed by atoms with E-state index < -0.39 is 36.4 Å². The topological polar surface area (TPSA) is 124 Å². The van der Waals surface area contributed by atoms with Crippen LogP contribution in [-0.2, 0) is 4.79 Å². The van der Waals surface area contributed by atoms with Crippen LogP contribution < -0.4 is 23.7 Å². The summed E-state index contributed by atoms with van der Waals surface area (Å²) in [6.45, 7) is -0.470. The first-order valence-corrected chi connectivity index (χ1v) is 9.70. The Balaban J connectivity index is 1.99. The van der Waals surface area contributed by atoms with Crippen molar-refractivity contribution in [3.8, 4) is 28.7 Å². The number of hydrogen-bond donors (Lipinski definition) is 3. The van der Waals surface area contributed by atoms with Crippen LogP contribution in [0.4, 0.5) is 0 Å². The minimum Gasteiger partial charge on any atom is -0.493 e. The molecule has 1 aliphatic carbocycles. The second-order valence-corrected chi connectivity index (χ2v) is 7.43. The Morgan fingerprint density at radius 2 is 1.58 bits per heavy atom. The van der Waals surface area contributed by atoms with Crippen LogP contribution in [-0.4, -0.2) is 56.0 Å². The Labute approximate surface area is 178 Å². The Morgan fingerprint density at radius 3 is 2.06 bits per heavy atom. The number of methoxy groups -OCH3 is 3. The molecule has 3 N–H and O–H groups in total. The van der Waals surface area contributed by atoms with Gasteiger partial charge < -0.3 is 39.0 Å². The van der Waals surface area contributed by atoms with E-state index in [0.29, 0.717) is 45.4 Å². The number of rotatable bonds is 6. The van der Waals surface area contributed by atoms with Gasteiger partial charge in [0.2, 0.25) is 12.5 Å². The van der Waals surface area contributed by atoms with Crippen LogP contribution in [0.15, 0.2) is 24.3 Å². The van der Waals surface area contributed by atoms with Crippen LogP contribution in [0.25, 0.3) is 0 Å². The van der Waals surface area contributed by atoms with Crippen LogP contribution in [0.1, 0.15) is 28.7 Å². The molecular weight excluding hydrogens is 408 g/mol. The molecule has 2 aromatic carbocycles. The molecule has 4 rings (SSSR count). The quantitative estimate of drug-likeness (QED) is 0.628. The van der Waals surface area contributed by atoms with Gasteiger partial charge in [0.1, 0.15) is 0 Å². The number of ether oxygens (including phenoxy) is 5.